The Labute approximate surface area is 51.1 Å². The third-order valence-corrected chi connectivity index (χ3v) is 1.05. The Balaban J connectivity index is 3.65. The van der Waals surface area contributed by atoms with Crippen LogP contribution in [-0.2, 0) is 4.79 Å². The van der Waals surface area contributed by atoms with E-state index in [4.69, 9.17) is 0 Å². The zero-order valence-corrected chi connectivity index (χ0v) is 5.77. The Morgan fingerprint density at radius 3 is 1.75 bits per heavy atom. The monoisotopic (exact) mass is 113 g/mol. The Hall–Kier alpha value is -0.330. The molecule has 1 heteroatoms. The van der Waals surface area contributed by atoms with Crippen molar-refractivity contribution in [2.75, 3.05) is 0 Å². The summed E-state index contributed by atoms with van der Waals surface area (Å²) < 4.78 is 0. The van der Waals surface area contributed by atoms with Crippen molar-refractivity contribution in [3.05, 3.63) is 6.92 Å². The van der Waals surface area contributed by atoms with Gasteiger partial charge in [-0.3, -0.25) is 4.79 Å². The van der Waals surface area contributed by atoms with Gasteiger partial charge in [-0.15, -0.1) is 0 Å². The fourth-order valence-corrected chi connectivity index (χ4v) is 0.569. The molecule has 0 N–H and O–H groups in total. The van der Waals surface area contributed by atoms with Gasteiger partial charge in [-0.2, -0.15) is 0 Å². The molecule has 0 saturated carbocycles. The molecule has 0 heterocycles. The van der Waals surface area contributed by atoms with E-state index in [0.29, 0.717) is 0 Å². The molecule has 8 heavy (non-hydrogen) atoms. The molecule has 1 radical (unpaired) electrons. The van der Waals surface area contributed by atoms with Gasteiger partial charge in [-0.1, -0.05) is 20.8 Å². The molecule has 0 aromatic carbocycles. The lowest BCUT2D eigenvalue weighted by atomic mass is 9.99. The summed E-state index contributed by atoms with van der Waals surface area (Å²) in [6.07, 6.45) is 0. The van der Waals surface area contributed by atoms with Crippen LogP contribution in [0.1, 0.15) is 20.8 Å². The molecule has 0 aliphatic heterocycles. The van der Waals surface area contributed by atoms with E-state index in [-0.39, 0.29) is 17.6 Å². The van der Waals surface area contributed by atoms with Crippen LogP contribution in [0.3, 0.4) is 0 Å². The largest absolute Gasteiger partial charge is 0.299 e. The summed E-state index contributed by atoms with van der Waals surface area (Å²) >= 11 is 0. The summed E-state index contributed by atoms with van der Waals surface area (Å²) in [5.74, 6) is 0.336. The van der Waals surface area contributed by atoms with Crippen LogP contribution in [0.25, 0.3) is 0 Å². The molecule has 1 unspecified atom stereocenters. The van der Waals surface area contributed by atoms with Crippen LogP contribution in [0.15, 0.2) is 0 Å². The van der Waals surface area contributed by atoms with Crippen LogP contribution in [0.2, 0.25) is 0 Å². The fourth-order valence-electron chi connectivity index (χ4n) is 0.569. The molecular formula is C7H13O. The number of ketones is 1. The molecule has 1 atom stereocenters. The lowest BCUT2D eigenvalue weighted by Gasteiger charge is -2.04. The van der Waals surface area contributed by atoms with Crippen LogP contribution >= 0.6 is 0 Å². The van der Waals surface area contributed by atoms with Crippen LogP contribution in [0.5, 0.6) is 0 Å². The number of rotatable bonds is 2. The van der Waals surface area contributed by atoms with Crippen molar-refractivity contribution in [3.63, 3.8) is 0 Å². The van der Waals surface area contributed by atoms with E-state index in [1.54, 1.807) is 0 Å². The van der Waals surface area contributed by atoms with E-state index in [0.717, 1.165) is 0 Å². The first-order valence-electron chi connectivity index (χ1n) is 2.92. The Kier molecular flexibility index (Phi) is 2.74. The first kappa shape index (κ1) is 7.67. The topological polar surface area (TPSA) is 17.1 Å². The third-order valence-electron chi connectivity index (χ3n) is 1.05. The Morgan fingerprint density at radius 1 is 1.38 bits per heavy atom. The van der Waals surface area contributed by atoms with E-state index in [1.807, 2.05) is 20.8 Å². The molecule has 0 rings (SSSR count). The standard InChI is InChI=1S/C7H13O/c1-5(2)7(8)6(3)4/h5-6H,1H2,2-4H3. The number of carbonyl (C=O) groups excluding carboxylic acids is 1. The van der Waals surface area contributed by atoms with E-state index in [9.17, 15) is 4.79 Å². The lowest BCUT2D eigenvalue weighted by molar-refractivity contribution is -0.124. The van der Waals surface area contributed by atoms with Gasteiger partial charge < -0.3 is 0 Å². The van der Waals surface area contributed by atoms with Gasteiger partial charge in [-0.05, 0) is 6.92 Å². The molecule has 0 aliphatic rings. The van der Waals surface area contributed by atoms with Crippen LogP contribution in [-0.4, -0.2) is 5.78 Å². The maximum absolute atomic E-state index is 10.8. The summed E-state index contributed by atoms with van der Waals surface area (Å²) in [7, 11) is 0. The SMILES string of the molecule is [CH2]C(C)C(=O)C(C)C. The highest BCUT2D eigenvalue weighted by Crippen LogP contribution is 2.03. The van der Waals surface area contributed by atoms with Gasteiger partial charge in [0, 0.05) is 11.8 Å². The first-order chi connectivity index (χ1) is 3.55. The molecule has 0 spiro atoms. The molecule has 47 valence electrons. The summed E-state index contributed by atoms with van der Waals surface area (Å²) in [4.78, 5) is 10.8. The van der Waals surface area contributed by atoms with Gasteiger partial charge in [0.2, 0.25) is 0 Å². The van der Waals surface area contributed by atoms with Crippen molar-refractivity contribution < 1.29 is 4.79 Å². The van der Waals surface area contributed by atoms with Gasteiger partial charge in [0.05, 0.1) is 0 Å². The second kappa shape index (κ2) is 2.85. The van der Waals surface area contributed by atoms with Gasteiger partial charge in [0.25, 0.3) is 0 Å². The molecule has 0 aromatic heterocycles. The maximum Gasteiger partial charge on any atom is 0.138 e. The van der Waals surface area contributed by atoms with Gasteiger partial charge in [0.15, 0.2) is 0 Å². The minimum Gasteiger partial charge on any atom is -0.299 e. The summed E-state index contributed by atoms with van der Waals surface area (Å²) in [6, 6.07) is 0. The van der Waals surface area contributed by atoms with Crippen LogP contribution < -0.4 is 0 Å². The third kappa shape index (κ3) is 2.10. The zero-order valence-electron chi connectivity index (χ0n) is 5.77. The summed E-state index contributed by atoms with van der Waals surface area (Å²) in [6.45, 7) is 9.22. The molecule has 0 bridgehead atoms. The molecule has 0 aliphatic carbocycles. The first-order valence-corrected chi connectivity index (χ1v) is 2.92. The minimum absolute atomic E-state index is 0.0463. The second-order valence-electron chi connectivity index (χ2n) is 2.46. The van der Waals surface area contributed by atoms with Gasteiger partial charge in [-0.25, -0.2) is 0 Å². The van der Waals surface area contributed by atoms with Gasteiger partial charge >= 0.3 is 0 Å². The minimum atomic E-state index is -0.0463. The van der Waals surface area contributed by atoms with Crippen molar-refractivity contribution in [1.82, 2.24) is 0 Å². The maximum atomic E-state index is 10.8. The van der Waals surface area contributed by atoms with Gasteiger partial charge in [0.1, 0.15) is 5.78 Å². The highest BCUT2D eigenvalue weighted by Gasteiger charge is 2.10. The molecule has 0 aromatic rings. The van der Waals surface area contributed by atoms with Crippen LogP contribution in [0, 0.1) is 18.8 Å². The van der Waals surface area contributed by atoms with E-state index >= 15 is 0 Å². The number of hydrogen-bond acceptors (Lipinski definition) is 1. The van der Waals surface area contributed by atoms with Crippen molar-refractivity contribution >= 4 is 5.78 Å². The van der Waals surface area contributed by atoms with Crippen molar-refractivity contribution in [2.45, 2.75) is 20.8 Å². The lowest BCUT2D eigenvalue weighted by Crippen LogP contribution is -2.13. The fraction of sp³-hybridized carbons (Fsp3) is 0.714. The average Bonchev–Trinajstić information content (AvgIpc) is 1.64. The summed E-state index contributed by atoms with van der Waals surface area (Å²) in [5.41, 5.74) is 0. The predicted octanol–water partition coefficient (Wildman–Crippen LogP) is 1.68. The highest BCUT2D eigenvalue weighted by molar-refractivity contribution is 5.82. The van der Waals surface area contributed by atoms with E-state index in [2.05, 4.69) is 6.92 Å². The second-order valence-corrected chi connectivity index (χ2v) is 2.46. The Morgan fingerprint density at radius 2 is 1.75 bits per heavy atom. The predicted molar refractivity (Wildman–Crippen MR) is 34.4 cm³/mol. The highest BCUT2D eigenvalue weighted by atomic mass is 16.1. The average molecular weight is 113 g/mol. The summed E-state index contributed by atoms with van der Waals surface area (Å²) in [5, 5.41) is 0. The molecule has 0 amide bonds. The normalized spacial score (nSPS) is 10.8. The zero-order chi connectivity index (χ0) is 6.73. The molecular weight excluding hydrogens is 100 g/mol. The quantitative estimate of drug-likeness (QED) is 0.532. The Bertz CT molecular complexity index is 72.4. The van der Waals surface area contributed by atoms with Crippen molar-refractivity contribution in [3.8, 4) is 0 Å². The van der Waals surface area contributed by atoms with Crippen LogP contribution in [0.4, 0.5) is 0 Å². The molecule has 0 saturated heterocycles. The number of carbonyl (C=O) groups is 1. The van der Waals surface area contributed by atoms with E-state index in [1.165, 1.54) is 0 Å². The van der Waals surface area contributed by atoms with Crippen molar-refractivity contribution in [2.24, 2.45) is 11.8 Å². The number of Topliss-reactive ketones (excluding diaryl/α,β-unsaturated/α-hetero) is 1. The van der Waals surface area contributed by atoms with Crippen molar-refractivity contribution in [1.29, 1.82) is 0 Å². The smallest absolute Gasteiger partial charge is 0.138 e. The van der Waals surface area contributed by atoms with E-state index < -0.39 is 0 Å². The number of hydrogen-bond donors (Lipinski definition) is 0. The molecule has 0 fully saturated rings. The molecule has 1 nitrogen and oxygen atoms in total.